The average molecular weight is 202 g/mol. The summed E-state index contributed by atoms with van der Waals surface area (Å²) in [7, 11) is 3.77. The van der Waals surface area contributed by atoms with Crippen molar-refractivity contribution in [1.29, 1.82) is 0 Å². The zero-order valence-corrected chi connectivity index (χ0v) is 10.8. The van der Waals surface area contributed by atoms with Crippen molar-refractivity contribution in [3.63, 3.8) is 0 Å². The molecule has 0 aromatic rings. The quantitative estimate of drug-likeness (QED) is 0.756. The SMILES string of the molecule is CC.CN(C)CC(=O)NCC(C)(C)C. The van der Waals surface area contributed by atoms with E-state index in [4.69, 9.17) is 0 Å². The Labute approximate surface area is 88.9 Å². The van der Waals surface area contributed by atoms with Gasteiger partial charge < -0.3 is 10.2 Å². The molecule has 0 saturated heterocycles. The predicted molar refractivity (Wildman–Crippen MR) is 62.4 cm³/mol. The van der Waals surface area contributed by atoms with E-state index in [1.54, 1.807) is 0 Å². The first-order valence-electron chi connectivity index (χ1n) is 5.23. The third kappa shape index (κ3) is 14.0. The number of hydrogen-bond donors (Lipinski definition) is 1. The molecule has 0 rings (SSSR count). The molecule has 0 spiro atoms. The molecule has 0 aromatic carbocycles. The van der Waals surface area contributed by atoms with Gasteiger partial charge in [0, 0.05) is 6.54 Å². The number of carbonyl (C=O) groups is 1. The van der Waals surface area contributed by atoms with E-state index in [1.165, 1.54) is 0 Å². The van der Waals surface area contributed by atoms with Gasteiger partial charge in [0.25, 0.3) is 0 Å². The number of nitrogens with one attached hydrogen (secondary N) is 1. The molecule has 1 N–H and O–H groups in total. The van der Waals surface area contributed by atoms with Crippen LogP contribution in [0.2, 0.25) is 0 Å². The van der Waals surface area contributed by atoms with Crippen molar-refractivity contribution in [2.45, 2.75) is 34.6 Å². The molecule has 0 bridgehead atoms. The van der Waals surface area contributed by atoms with Crippen LogP contribution < -0.4 is 5.32 Å². The minimum absolute atomic E-state index is 0.0925. The summed E-state index contributed by atoms with van der Waals surface area (Å²) in [5, 5.41) is 2.87. The smallest absolute Gasteiger partial charge is 0.234 e. The van der Waals surface area contributed by atoms with E-state index in [1.807, 2.05) is 32.8 Å². The van der Waals surface area contributed by atoms with Gasteiger partial charge in [-0.15, -0.1) is 0 Å². The Morgan fingerprint density at radius 3 is 1.93 bits per heavy atom. The summed E-state index contributed by atoms with van der Waals surface area (Å²) in [6, 6.07) is 0. The molecule has 0 unspecified atom stereocenters. The van der Waals surface area contributed by atoms with Gasteiger partial charge in [-0.2, -0.15) is 0 Å². The Kier molecular flexibility index (Phi) is 8.85. The summed E-state index contributed by atoms with van der Waals surface area (Å²) in [5.74, 6) is 0.0925. The summed E-state index contributed by atoms with van der Waals surface area (Å²) in [5.41, 5.74) is 0.169. The highest BCUT2D eigenvalue weighted by atomic mass is 16.2. The van der Waals surface area contributed by atoms with E-state index in [0.29, 0.717) is 6.54 Å². The van der Waals surface area contributed by atoms with Crippen LogP contribution in [0.1, 0.15) is 34.6 Å². The van der Waals surface area contributed by atoms with Crippen molar-refractivity contribution < 1.29 is 4.79 Å². The second-order valence-electron chi connectivity index (χ2n) is 4.58. The normalized spacial score (nSPS) is 10.6. The molecular weight excluding hydrogens is 176 g/mol. The van der Waals surface area contributed by atoms with Crippen molar-refractivity contribution in [3.05, 3.63) is 0 Å². The first-order chi connectivity index (χ1) is 6.31. The standard InChI is InChI=1S/C9H20N2O.C2H6/c1-9(2,3)7-10-8(12)6-11(4)5;1-2/h6-7H2,1-5H3,(H,10,12);1-2H3. The minimum Gasteiger partial charge on any atom is -0.354 e. The van der Waals surface area contributed by atoms with Crippen LogP contribution in [0.3, 0.4) is 0 Å². The summed E-state index contributed by atoms with van der Waals surface area (Å²) < 4.78 is 0. The monoisotopic (exact) mass is 202 g/mol. The largest absolute Gasteiger partial charge is 0.354 e. The van der Waals surface area contributed by atoms with Gasteiger partial charge in [-0.25, -0.2) is 0 Å². The number of likely N-dealkylation sites (N-methyl/N-ethyl adjacent to an activating group) is 1. The Morgan fingerprint density at radius 1 is 1.21 bits per heavy atom. The lowest BCUT2D eigenvalue weighted by atomic mass is 9.97. The molecule has 1 amide bonds. The van der Waals surface area contributed by atoms with Crippen LogP contribution in [-0.2, 0) is 4.79 Å². The molecule has 0 radical (unpaired) electrons. The van der Waals surface area contributed by atoms with Gasteiger partial charge in [0.2, 0.25) is 5.91 Å². The number of hydrogen-bond acceptors (Lipinski definition) is 2. The molecule has 14 heavy (non-hydrogen) atoms. The lowest BCUT2D eigenvalue weighted by Crippen LogP contribution is -2.37. The van der Waals surface area contributed by atoms with Gasteiger partial charge >= 0.3 is 0 Å². The number of nitrogens with zero attached hydrogens (tertiary/aromatic N) is 1. The van der Waals surface area contributed by atoms with Gasteiger partial charge in [0.05, 0.1) is 6.54 Å². The topological polar surface area (TPSA) is 32.3 Å². The van der Waals surface area contributed by atoms with Crippen LogP contribution in [0.15, 0.2) is 0 Å². The first-order valence-corrected chi connectivity index (χ1v) is 5.23. The fourth-order valence-corrected chi connectivity index (χ4v) is 0.707. The summed E-state index contributed by atoms with van der Waals surface area (Å²) in [6.45, 7) is 11.5. The third-order valence-electron chi connectivity index (χ3n) is 1.28. The van der Waals surface area contributed by atoms with E-state index < -0.39 is 0 Å². The second kappa shape index (κ2) is 7.80. The molecular formula is C11H26N2O. The van der Waals surface area contributed by atoms with Gasteiger partial charge in [-0.3, -0.25) is 4.79 Å². The Morgan fingerprint density at radius 2 is 1.64 bits per heavy atom. The summed E-state index contributed by atoms with van der Waals surface area (Å²) in [4.78, 5) is 13.0. The summed E-state index contributed by atoms with van der Waals surface area (Å²) in [6.07, 6.45) is 0. The van der Waals surface area contributed by atoms with Crippen molar-refractivity contribution >= 4 is 5.91 Å². The van der Waals surface area contributed by atoms with Crippen LogP contribution in [0.4, 0.5) is 0 Å². The second-order valence-corrected chi connectivity index (χ2v) is 4.58. The zero-order chi connectivity index (χ0) is 11.8. The molecule has 0 aromatic heterocycles. The maximum Gasteiger partial charge on any atom is 0.234 e. The molecule has 0 aliphatic carbocycles. The molecule has 0 heterocycles. The predicted octanol–water partition coefficient (Wildman–Crippen LogP) is 1.74. The fourth-order valence-electron chi connectivity index (χ4n) is 0.707. The first kappa shape index (κ1) is 15.9. The Balaban J connectivity index is 0. The van der Waals surface area contributed by atoms with Crippen molar-refractivity contribution in [2.75, 3.05) is 27.2 Å². The highest BCUT2D eigenvalue weighted by molar-refractivity contribution is 5.77. The maximum absolute atomic E-state index is 11.1. The van der Waals surface area contributed by atoms with Gasteiger partial charge in [0.1, 0.15) is 0 Å². The molecule has 86 valence electrons. The molecule has 0 saturated carbocycles. The molecule has 3 heteroatoms. The van der Waals surface area contributed by atoms with E-state index in [-0.39, 0.29) is 11.3 Å². The van der Waals surface area contributed by atoms with Crippen molar-refractivity contribution in [1.82, 2.24) is 10.2 Å². The Hall–Kier alpha value is -0.570. The van der Waals surface area contributed by atoms with Gasteiger partial charge in [-0.1, -0.05) is 34.6 Å². The molecule has 0 atom stereocenters. The van der Waals surface area contributed by atoms with E-state index >= 15 is 0 Å². The highest BCUT2D eigenvalue weighted by Gasteiger charge is 2.11. The number of rotatable bonds is 3. The lowest BCUT2D eigenvalue weighted by molar-refractivity contribution is -0.122. The van der Waals surface area contributed by atoms with Crippen LogP contribution in [0, 0.1) is 5.41 Å². The molecule has 0 aliphatic heterocycles. The third-order valence-corrected chi connectivity index (χ3v) is 1.28. The lowest BCUT2D eigenvalue weighted by Gasteiger charge is -2.19. The average Bonchev–Trinajstić information content (AvgIpc) is 2.02. The fraction of sp³-hybridized carbons (Fsp3) is 0.909. The van der Waals surface area contributed by atoms with E-state index in [0.717, 1.165) is 6.54 Å². The van der Waals surface area contributed by atoms with Crippen LogP contribution >= 0.6 is 0 Å². The van der Waals surface area contributed by atoms with Gasteiger partial charge in [0.15, 0.2) is 0 Å². The minimum atomic E-state index is 0.0925. The maximum atomic E-state index is 11.1. The van der Waals surface area contributed by atoms with Crippen LogP contribution in [-0.4, -0.2) is 38.0 Å². The molecule has 3 nitrogen and oxygen atoms in total. The van der Waals surface area contributed by atoms with E-state index in [9.17, 15) is 4.79 Å². The number of carbonyl (C=O) groups excluding carboxylic acids is 1. The summed E-state index contributed by atoms with van der Waals surface area (Å²) >= 11 is 0. The zero-order valence-electron chi connectivity index (χ0n) is 10.8. The molecule has 0 aliphatic rings. The van der Waals surface area contributed by atoms with Gasteiger partial charge in [-0.05, 0) is 19.5 Å². The Bertz CT molecular complexity index is 148. The van der Waals surface area contributed by atoms with Crippen LogP contribution in [0.5, 0.6) is 0 Å². The highest BCUT2D eigenvalue weighted by Crippen LogP contribution is 2.09. The van der Waals surface area contributed by atoms with E-state index in [2.05, 4.69) is 26.1 Å². The van der Waals surface area contributed by atoms with Crippen molar-refractivity contribution in [3.8, 4) is 0 Å². The molecule has 0 fully saturated rings. The number of amides is 1. The van der Waals surface area contributed by atoms with Crippen LogP contribution in [0.25, 0.3) is 0 Å². The van der Waals surface area contributed by atoms with Crippen molar-refractivity contribution in [2.24, 2.45) is 5.41 Å².